The van der Waals surface area contributed by atoms with Gasteiger partial charge < -0.3 is 9.30 Å². The maximum absolute atomic E-state index is 11.9. The zero-order chi connectivity index (χ0) is 13.9. The molecule has 0 fully saturated rings. The first-order valence-corrected chi connectivity index (χ1v) is 5.80. The lowest BCUT2D eigenvalue weighted by molar-refractivity contribution is -0.143. The standard InChI is InChI=1S/C12H18N2O4/c1-5-18-10(15)6-8(2)9-7-13(3)12(17)14(4)11(9)16/h7-8H,5-6H2,1-4H3. The van der Waals surface area contributed by atoms with Gasteiger partial charge in [0.05, 0.1) is 13.0 Å². The summed E-state index contributed by atoms with van der Waals surface area (Å²) in [6.45, 7) is 3.81. The maximum atomic E-state index is 11.9. The molecule has 0 bridgehead atoms. The van der Waals surface area contributed by atoms with E-state index in [2.05, 4.69) is 0 Å². The molecule has 0 aliphatic heterocycles. The first kappa shape index (κ1) is 14.2. The van der Waals surface area contributed by atoms with Gasteiger partial charge >= 0.3 is 11.7 Å². The fourth-order valence-corrected chi connectivity index (χ4v) is 1.75. The van der Waals surface area contributed by atoms with Gasteiger partial charge in [0.25, 0.3) is 5.56 Å². The molecule has 0 aliphatic carbocycles. The lowest BCUT2D eigenvalue weighted by Gasteiger charge is -2.12. The van der Waals surface area contributed by atoms with Crippen LogP contribution >= 0.6 is 0 Å². The molecule has 1 heterocycles. The van der Waals surface area contributed by atoms with Crippen molar-refractivity contribution in [3.05, 3.63) is 32.6 Å². The van der Waals surface area contributed by atoms with Gasteiger partial charge in [-0.2, -0.15) is 0 Å². The van der Waals surface area contributed by atoms with Crippen LogP contribution in [0.3, 0.4) is 0 Å². The van der Waals surface area contributed by atoms with Crippen molar-refractivity contribution in [2.24, 2.45) is 14.1 Å². The lowest BCUT2D eigenvalue weighted by atomic mass is 10.0. The summed E-state index contributed by atoms with van der Waals surface area (Å²) in [5.41, 5.74) is -0.311. The van der Waals surface area contributed by atoms with Crippen LogP contribution in [0.25, 0.3) is 0 Å². The summed E-state index contributed by atoms with van der Waals surface area (Å²) < 4.78 is 7.21. The molecule has 1 aromatic rings. The number of aryl methyl sites for hydroxylation is 1. The molecule has 6 nitrogen and oxygen atoms in total. The molecule has 0 aromatic carbocycles. The smallest absolute Gasteiger partial charge is 0.330 e. The van der Waals surface area contributed by atoms with Crippen LogP contribution in [0.2, 0.25) is 0 Å². The van der Waals surface area contributed by atoms with Gasteiger partial charge in [0.2, 0.25) is 0 Å². The van der Waals surface area contributed by atoms with E-state index in [4.69, 9.17) is 4.74 Å². The van der Waals surface area contributed by atoms with Crippen LogP contribution in [0.5, 0.6) is 0 Å². The number of carbonyl (C=O) groups is 1. The van der Waals surface area contributed by atoms with Crippen LogP contribution in [0.1, 0.15) is 31.7 Å². The number of aromatic nitrogens is 2. The topological polar surface area (TPSA) is 70.3 Å². The third kappa shape index (κ3) is 2.88. The van der Waals surface area contributed by atoms with Gasteiger partial charge in [0, 0.05) is 25.9 Å². The van der Waals surface area contributed by atoms with Gasteiger partial charge in [-0.05, 0) is 12.8 Å². The van der Waals surface area contributed by atoms with Crippen LogP contribution in [-0.4, -0.2) is 21.7 Å². The van der Waals surface area contributed by atoms with Gasteiger partial charge in [-0.1, -0.05) is 6.92 Å². The SMILES string of the molecule is CCOC(=O)CC(C)c1cn(C)c(=O)n(C)c1=O. The molecule has 0 saturated carbocycles. The van der Waals surface area contributed by atoms with Gasteiger partial charge in [-0.25, -0.2) is 4.79 Å². The summed E-state index contributed by atoms with van der Waals surface area (Å²) in [7, 11) is 2.99. The van der Waals surface area contributed by atoms with Crippen LogP contribution < -0.4 is 11.2 Å². The van der Waals surface area contributed by atoms with E-state index in [1.807, 2.05) is 0 Å². The predicted molar refractivity (Wildman–Crippen MR) is 66.6 cm³/mol. The Morgan fingerprint density at radius 1 is 1.39 bits per heavy atom. The minimum atomic E-state index is -0.382. The summed E-state index contributed by atoms with van der Waals surface area (Å²) in [6, 6.07) is 0. The molecule has 1 unspecified atom stereocenters. The number of hydrogen-bond acceptors (Lipinski definition) is 4. The number of carbonyl (C=O) groups excluding carboxylic acids is 1. The second-order valence-corrected chi connectivity index (χ2v) is 4.25. The van der Waals surface area contributed by atoms with Crippen molar-refractivity contribution in [2.75, 3.05) is 6.61 Å². The molecule has 0 aliphatic rings. The molecule has 100 valence electrons. The molecule has 0 amide bonds. The molecule has 6 heteroatoms. The Balaban J connectivity index is 3.07. The number of ether oxygens (including phenoxy) is 1. The zero-order valence-corrected chi connectivity index (χ0v) is 11.1. The number of esters is 1. The summed E-state index contributed by atoms with van der Waals surface area (Å²) in [5.74, 6) is -0.629. The van der Waals surface area contributed by atoms with E-state index in [1.165, 1.54) is 17.8 Å². The van der Waals surface area contributed by atoms with Crippen LogP contribution in [0.15, 0.2) is 15.8 Å². The van der Waals surface area contributed by atoms with E-state index in [0.29, 0.717) is 12.2 Å². The highest BCUT2D eigenvalue weighted by atomic mass is 16.5. The zero-order valence-electron chi connectivity index (χ0n) is 11.1. The summed E-state index contributed by atoms with van der Waals surface area (Å²) in [5, 5.41) is 0. The van der Waals surface area contributed by atoms with Gasteiger partial charge in [-0.3, -0.25) is 14.2 Å². The predicted octanol–water partition coefficient (Wildman–Crippen LogP) is 0.141. The fraction of sp³-hybridized carbons (Fsp3) is 0.583. The molecular formula is C12H18N2O4. The molecule has 0 radical (unpaired) electrons. The van der Waals surface area contributed by atoms with Crippen LogP contribution in [-0.2, 0) is 23.6 Å². The highest BCUT2D eigenvalue weighted by molar-refractivity contribution is 5.70. The first-order valence-electron chi connectivity index (χ1n) is 5.80. The summed E-state index contributed by atoms with van der Waals surface area (Å²) in [4.78, 5) is 34.8. The Morgan fingerprint density at radius 2 is 2.00 bits per heavy atom. The van der Waals surface area contributed by atoms with Crippen LogP contribution in [0, 0.1) is 0 Å². The Bertz CT molecular complexity index is 556. The maximum Gasteiger partial charge on any atom is 0.330 e. The average molecular weight is 254 g/mol. The van der Waals surface area contributed by atoms with E-state index in [0.717, 1.165) is 4.57 Å². The van der Waals surface area contributed by atoms with Gasteiger partial charge in [0.15, 0.2) is 0 Å². The molecule has 1 rings (SSSR count). The molecule has 0 spiro atoms. The normalized spacial score (nSPS) is 12.2. The highest BCUT2D eigenvalue weighted by Gasteiger charge is 2.17. The van der Waals surface area contributed by atoms with Crippen molar-refractivity contribution < 1.29 is 9.53 Å². The van der Waals surface area contributed by atoms with E-state index >= 15 is 0 Å². The Hall–Kier alpha value is -1.85. The Kier molecular flexibility index (Phi) is 4.47. The monoisotopic (exact) mass is 254 g/mol. The number of nitrogens with zero attached hydrogens (tertiary/aromatic N) is 2. The van der Waals surface area contributed by atoms with E-state index < -0.39 is 0 Å². The van der Waals surface area contributed by atoms with Crippen molar-refractivity contribution in [2.45, 2.75) is 26.2 Å². The molecule has 0 saturated heterocycles. The van der Waals surface area contributed by atoms with Crippen LogP contribution in [0.4, 0.5) is 0 Å². The minimum Gasteiger partial charge on any atom is -0.466 e. The first-order chi connectivity index (χ1) is 8.38. The third-order valence-corrected chi connectivity index (χ3v) is 2.78. The van der Waals surface area contributed by atoms with E-state index in [-0.39, 0.29) is 29.6 Å². The number of rotatable bonds is 4. The second-order valence-electron chi connectivity index (χ2n) is 4.25. The van der Waals surface area contributed by atoms with Crippen molar-refractivity contribution >= 4 is 5.97 Å². The van der Waals surface area contributed by atoms with Crippen molar-refractivity contribution in [1.29, 1.82) is 0 Å². The lowest BCUT2D eigenvalue weighted by Crippen LogP contribution is -2.39. The molecule has 1 atom stereocenters. The van der Waals surface area contributed by atoms with E-state index in [9.17, 15) is 14.4 Å². The molecule has 18 heavy (non-hydrogen) atoms. The molecule has 0 N–H and O–H groups in total. The molecular weight excluding hydrogens is 236 g/mol. The largest absolute Gasteiger partial charge is 0.466 e. The Labute approximate surface area is 105 Å². The van der Waals surface area contributed by atoms with Crippen molar-refractivity contribution in [3.63, 3.8) is 0 Å². The summed E-state index contributed by atoms with van der Waals surface area (Å²) in [6.07, 6.45) is 1.61. The fourth-order valence-electron chi connectivity index (χ4n) is 1.75. The van der Waals surface area contributed by atoms with Gasteiger partial charge in [-0.15, -0.1) is 0 Å². The Morgan fingerprint density at radius 3 is 2.56 bits per heavy atom. The highest BCUT2D eigenvalue weighted by Crippen LogP contribution is 2.14. The second kappa shape index (κ2) is 5.66. The average Bonchev–Trinajstić information content (AvgIpc) is 2.31. The van der Waals surface area contributed by atoms with E-state index in [1.54, 1.807) is 20.9 Å². The van der Waals surface area contributed by atoms with Crippen molar-refractivity contribution in [1.82, 2.24) is 9.13 Å². The summed E-state index contributed by atoms with van der Waals surface area (Å²) >= 11 is 0. The molecule has 1 aromatic heterocycles. The third-order valence-electron chi connectivity index (χ3n) is 2.78. The minimum absolute atomic E-state index is 0.126. The van der Waals surface area contributed by atoms with Gasteiger partial charge in [0.1, 0.15) is 0 Å². The quantitative estimate of drug-likeness (QED) is 0.717. The van der Waals surface area contributed by atoms with Crippen molar-refractivity contribution in [3.8, 4) is 0 Å². The number of hydrogen-bond donors (Lipinski definition) is 0.